The van der Waals surface area contributed by atoms with E-state index in [0.29, 0.717) is 0 Å². The lowest BCUT2D eigenvalue weighted by Crippen LogP contribution is -2.24. The summed E-state index contributed by atoms with van der Waals surface area (Å²) in [5.74, 6) is -0.209. The molecule has 0 radical (unpaired) electrons. The van der Waals surface area contributed by atoms with E-state index in [2.05, 4.69) is 0 Å². The smallest absolute Gasteiger partial charge is 0.324 e. The molecule has 1 aromatic carbocycles. The highest BCUT2D eigenvalue weighted by Crippen LogP contribution is 2.53. The SMILES string of the molecule is COC(=O)[C@]1(c2ccsc2)C=C1c1ccccc1. The molecule has 0 N–H and O–H groups in total. The van der Waals surface area contributed by atoms with Crippen LogP contribution in [0.4, 0.5) is 0 Å². The van der Waals surface area contributed by atoms with Crippen LogP contribution in [0.5, 0.6) is 0 Å². The van der Waals surface area contributed by atoms with Gasteiger partial charge in [-0.3, -0.25) is 4.79 Å². The third-order valence-corrected chi connectivity index (χ3v) is 3.95. The van der Waals surface area contributed by atoms with E-state index in [1.807, 2.05) is 53.2 Å². The van der Waals surface area contributed by atoms with Gasteiger partial charge < -0.3 is 4.74 Å². The van der Waals surface area contributed by atoms with Crippen LogP contribution >= 0.6 is 11.3 Å². The van der Waals surface area contributed by atoms with Crippen molar-refractivity contribution in [1.29, 1.82) is 0 Å². The van der Waals surface area contributed by atoms with Gasteiger partial charge in [-0.25, -0.2) is 0 Å². The Balaban J connectivity index is 2.01. The molecule has 2 nitrogen and oxygen atoms in total. The molecule has 1 aliphatic rings. The van der Waals surface area contributed by atoms with Crippen LogP contribution in [0, 0.1) is 0 Å². The van der Waals surface area contributed by atoms with E-state index >= 15 is 0 Å². The van der Waals surface area contributed by atoms with Crippen molar-refractivity contribution in [2.24, 2.45) is 0 Å². The third-order valence-electron chi connectivity index (χ3n) is 3.27. The van der Waals surface area contributed by atoms with Gasteiger partial charge in [0.2, 0.25) is 0 Å². The van der Waals surface area contributed by atoms with Gasteiger partial charge in [-0.05, 0) is 33.5 Å². The Hall–Kier alpha value is -1.87. The van der Waals surface area contributed by atoms with Crippen molar-refractivity contribution in [3.05, 3.63) is 64.4 Å². The lowest BCUT2D eigenvalue weighted by molar-refractivity contribution is -0.142. The number of hydrogen-bond acceptors (Lipinski definition) is 3. The molecule has 0 saturated heterocycles. The quantitative estimate of drug-likeness (QED) is 0.788. The van der Waals surface area contributed by atoms with Gasteiger partial charge in [0.25, 0.3) is 0 Å². The summed E-state index contributed by atoms with van der Waals surface area (Å²) in [5, 5.41) is 3.98. The topological polar surface area (TPSA) is 26.3 Å². The maximum Gasteiger partial charge on any atom is 0.324 e. The molecule has 0 unspecified atom stereocenters. The zero-order valence-electron chi connectivity index (χ0n) is 9.92. The van der Waals surface area contributed by atoms with E-state index in [0.717, 1.165) is 16.7 Å². The number of rotatable bonds is 3. The molecule has 3 heteroatoms. The Morgan fingerprint density at radius 2 is 2.00 bits per heavy atom. The molecule has 0 aliphatic heterocycles. The number of carbonyl (C=O) groups excluding carboxylic acids is 1. The Kier molecular flexibility index (Phi) is 2.56. The summed E-state index contributed by atoms with van der Waals surface area (Å²) in [5.41, 5.74) is 2.46. The van der Waals surface area contributed by atoms with Gasteiger partial charge in [-0.1, -0.05) is 36.4 Å². The maximum atomic E-state index is 12.1. The van der Waals surface area contributed by atoms with Crippen LogP contribution in [0.3, 0.4) is 0 Å². The van der Waals surface area contributed by atoms with Crippen LogP contribution in [-0.4, -0.2) is 13.1 Å². The predicted molar refractivity (Wildman–Crippen MR) is 72.4 cm³/mol. The fourth-order valence-electron chi connectivity index (χ4n) is 2.28. The number of ether oxygens (including phenoxy) is 1. The number of thiophene rings is 1. The predicted octanol–water partition coefficient (Wildman–Crippen LogP) is 3.26. The summed E-state index contributed by atoms with van der Waals surface area (Å²) >= 11 is 1.59. The summed E-state index contributed by atoms with van der Waals surface area (Å²) in [6.45, 7) is 0. The Bertz CT molecular complexity index is 599. The molecule has 3 rings (SSSR count). The van der Waals surface area contributed by atoms with Gasteiger partial charge in [-0.2, -0.15) is 11.3 Å². The Morgan fingerprint density at radius 1 is 1.22 bits per heavy atom. The molecule has 90 valence electrons. The number of methoxy groups -OCH3 is 1. The summed E-state index contributed by atoms with van der Waals surface area (Å²) in [4.78, 5) is 12.1. The number of esters is 1. The number of hydrogen-bond donors (Lipinski definition) is 0. The standard InChI is InChI=1S/C15H12O2S/c1-17-14(16)15(12-7-8-18-10-12)9-13(15)11-5-3-2-4-6-11/h2-10H,1H3/t15-/m0/s1. The molecular formula is C15H12O2S. The van der Waals surface area contributed by atoms with Crippen LogP contribution in [-0.2, 0) is 14.9 Å². The van der Waals surface area contributed by atoms with Crippen molar-refractivity contribution in [2.45, 2.75) is 5.41 Å². The van der Waals surface area contributed by atoms with Gasteiger partial charge in [0.05, 0.1) is 7.11 Å². The van der Waals surface area contributed by atoms with Gasteiger partial charge in [0.1, 0.15) is 5.41 Å². The van der Waals surface area contributed by atoms with Crippen LogP contribution in [0.25, 0.3) is 5.57 Å². The first-order valence-corrected chi connectivity index (χ1v) is 6.63. The van der Waals surface area contributed by atoms with E-state index in [9.17, 15) is 4.79 Å². The summed E-state index contributed by atoms with van der Waals surface area (Å²) < 4.78 is 4.97. The van der Waals surface area contributed by atoms with E-state index in [4.69, 9.17) is 4.74 Å². The molecule has 0 bridgehead atoms. The van der Waals surface area contributed by atoms with E-state index in [1.54, 1.807) is 11.3 Å². The molecule has 0 fully saturated rings. The maximum absolute atomic E-state index is 12.1. The second kappa shape index (κ2) is 4.10. The van der Waals surface area contributed by atoms with Gasteiger partial charge in [-0.15, -0.1) is 0 Å². The highest BCUT2D eigenvalue weighted by atomic mass is 32.1. The molecular weight excluding hydrogens is 244 g/mol. The van der Waals surface area contributed by atoms with Gasteiger partial charge >= 0.3 is 5.97 Å². The Morgan fingerprint density at radius 3 is 2.61 bits per heavy atom. The van der Waals surface area contributed by atoms with Crippen molar-refractivity contribution in [3.8, 4) is 0 Å². The lowest BCUT2D eigenvalue weighted by atomic mass is 9.90. The normalized spacial score (nSPS) is 21.3. The first kappa shape index (κ1) is 11.2. The van der Waals surface area contributed by atoms with Crippen molar-refractivity contribution >= 4 is 22.9 Å². The van der Waals surface area contributed by atoms with Crippen molar-refractivity contribution in [2.75, 3.05) is 7.11 Å². The molecule has 0 amide bonds. The van der Waals surface area contributed by atoms with E-state index in [-0.39, 0.29) is 5.97 Å². The average Bonchev–Trinajstić information content (AvgIpc) is 2.95. The Labute approximate surface area is 110 Å². The summed E-state index contributed by atoms with van der Waals surface area (Å²) in [7, 11) is 1.44. The van der Waals surface area contributed by atoms with Crippen molar-refractivity contribution in [1.82, 2.24) is 0 Å². The average molecular weight is 256 g/mol. The minimum Gasteiger partial charge on any atom is -0.468 e. The monoisotopic (exact) mass is 256 g/mol. The third kappa shape index (κ3) is 1.51. The number of carbonyl (C=O) groups is 1. The second-order valence-corrected chi connectivity index (χ2v) is 5.02. The van der Waals surface area contributed by atoms with Crippen LogP contribution in [0.2, 0.25) is 0 Å². The largest absolute Gasteiger partial charge is 0.468 e. The van der Waals surface area contributed by atoms with Crippen LogP contribution in [0.1, 0.15) is 11.1 Å². The summed E-state index contributed by atoms with van der Waals surface area (Å²) in [6, 6.07) is 11.9. The minimum atomic E-state index is -0.657. The fraction of sp³-hybridized carbons (Fsp3) is 0.133. The fourth-order valence-corrected chi connectivity index (χ4v) is 3.00. The van der Waals surface area contributed by atoms with Gasteiger partial charge in [0.15, 0.2) is 0 Å². The molecule has 1 atom stereocenters. The summed E-state index contributed by atoms with van der Waals surface area (Å²) in [6.07, 6.45) is 1.98. The zero-order valence-corrected chi connectivity index (χ0v) is 10.7. The minimum absolute atomic E-state index is 0.209. The molecule has 1 heterocycles. The molecule has 1 aliphatic carbocycles. The van der Waals surface area contributed by atoms with Crippen molar-refractivity contribution in [3.63, 3.8) is 0 Å². The van der Waals surface area contributed by atoms with Crippen LogP contribution < -0.4 is 0 Å². The van der Waals surface area contributed by atoms with Gasteiger partial charge in [0, 0.05) is 0 Å². The molecule has 1 aromatic heterocycles. The zero-order chi connectivity index (χ0) is 12.6. The first-order chi connectivity index (χ1) is 8.79. The van der Waals surface area contributed by atoms with E-state index in [1.165, 1.54) is 7.11 Å². The van der Waals surface area contributed by atoms with E-state index < -0.39 is 5.41 Å². The highest BCUT2D eigenvalue weighted by Gasteiger charge is 2.54. The second-order valence-electron chi connectivity index (χ2n) is 4.24. The van der Waals surface area contributed by atoms with Crippen molar-refractivity contribution < 1.29 is 9.53 Å². The van der Waals surface area contributed by atoms with Crippen LogP contribution in [0.15, 0.2) is 53.2 Å². The molecule has 2 aromatic rings. The first-order valence-electron chi connectivity index (χ1n) is 5.69. The lowest BCUT2D eigenvalue weighted by Gasteiger charge is -2.15. The number of benzene rings is 1. The molecule has 0 spiro atoms. The molecule has 0 saturated carbocycles. The highest BCUT2D eigenvalue weighted by molar-refractivity contribution is 7.08. The molecule has 18 heavy (non-hydrogen) atoms.